The van der Waals surface area contributed by atoms with Gasteiger partial charge in [0.25, 0.3) is 5.91 Å². The number of benzene rings is 1. The zero-order valence-electron chi connectivity index (χ0n) is 14.4. The van der Waals surface area contributed by atoms with Crippen LogP contribution in [0.3, 0.4) is 0 Å². The van der Waals surface area contributed by atoms with E-state index in [-0.39, 0.29) is 13.1 Å². The van der Waals surface area contributed by atoms with Crippen molar-refractivity contribution in [3.05, 3.63) is 59.4 Å². The van der Waals surface area contributed by atoms with Gasteiger partial charge in [0.15, 0.2) is 5.69 Å². The topological polar surface area (TPSA) is 38.1 Å². The van der Waals surface area contributed by atoms with E-state index in [1.54, 1.807) is 0 Å². The summed E-state index contributed by atoms with van der Waals surface area (Å²) in [6, 6.07) is 3.35. The van der Waals surface area contributed by atoms with E-state index in [9.17, 15) is 31.1 Å². The van der Waals surface area contributed by atoms with Crippen molar-refractivity contribution >= 4 is 5.91 Å². The molecule has 3 rings (SSSR count). The van der Waals surface area contributed by atoms with Crippen LogP contribution in [-0.2, 0) is 12.4 Å². The Kier molecular flexibility index (Phi) is 4.99. The number of alkyl halides is 6. The summed E-state index contributed by atoms with van der Waals surface area (Å²) in [7, 11) is 0. The van der Waals surface area contributed by atoms with E-state index in [0.717, 1.165) is 30.0 Å². The summed E-state index contributed by atoms with van der Waals surface area (Å²) in [6.45, 7) is 4.23. The normalized spacial score (nSPS) is 15.8. The molecule has 0 radical (unpaired) electrons. The minimum atomic E-state index is -4.99. The van der Waals surface area contributed by atoms with Gasteiger partial charge in [-0.05, 0) is 31.0 Å². The molecule has 1 aliphatic heterocycles. The van der Waals surface area contributed by atoms with Gasteiger partial charge < -0.3 is 4.90 Å². The monoisotopic (exact) mass is 403 g/mol. The molecule has 1 saturated heterocycles. The summed E-state index contributed by atoms with van der Waals surface area (Å²) in [5, 5.41) is 3.57. The van der Waals surface area contributed by atoms with Crippen LogP contribution in [0.25, 0.3) is 5.69 Å². The van der Waals surface area contributed by atoms with Gasteiger partial charge in [-0.25, -0.2) is 4.68 Å². The smallest absolute Gasteiger partial charge is 0.338 e. The molecule has 2 heterocycles. The van der Waals surface area contributed by atoms with Crippen molar-refractivity contribution in [1.82, 2.24) is 14.7 Å². The molecule has 0 N–H and O–H groups in total. The van der Waals surface area contributed by atoms with E-state index < -0.39 is 40.8 Å². The highest BCUT2D eigenvalue weighted by atomic mass is 19.4. The molecule has 0 aliphatic carbocycles. The van der Waals surface area contributed by atoms with Crippen molar-refractivity contribution in [3.63, 3.8) is 0 Å². The van der Waals surface area contributed by atoms with Crippen molar-refractivity contribution in [2.24, 2.45) is 0 Å². The molecule has 1 aromatic heterocycles. The van der Waals surface area contributed by atoms with Crippen LogP contribution in [0, 0.1) is 0 Å². The number of carbonyl (C=O) groups excluding carboxylic acids is 1. The number of piperidine rings is 1. The number of rotatable bonds is 2. The molecule has 0 spiro atoms. The lowest BCUT2D eigenvalue weighted by molar-refractivity contribution is -0.143. The number of carbonyl (C=O) groups is 1. The van der Waals surface area contributed by atoms with Crippen molar-refractivity contribution in [2.75, 3.05) is 13.1 Å². The van der Waals surface area contributed by atoms with E-state index in [1.165, 1.54) is 4.90 Å². The second-order valence-corrected chi connectivity index (χ2v) is 6.41. The van der Waals surface area contributed by atoms with Crippen LogP contribution in [0.2, 0.25) is 0 Å². The first-order valence-corrected chi connectivity index (χ1v) is 8.27. The zero-order chi connectivity index (χ0) is 20.7. The fourth-order valence-electron chi connectivity index (χ4n) is 2.98. The number of halogens is 6. The summed E-state index contributed by atoms with van der Waals surface area (Å²) in [6.07, 6.45) is -8.01. The third-order valence-corrected chi connectivity index (χ3v) is 4.44. The first-order valence-electron chi connectivity index (χ1n) is 8.27. The maximum atomic E-state index is 13.7. The van der Waals surface area contributed by atoms with Crippen LogP contribution >= 0.6 is 0 Å². The first kappa shape index (κ1) is 20.0. The highest BCUT2D eigenvalue weighted by Crippen LogP contribution is 2.36. The molecule has 2 aromatic rings. The number of hydrogen-bond donors (Lipinski definition) is 0. The second-order valence-electron chi connectivity index (χ2n) is 6.41. The summed E-state index contributed by atoms with van der Waals surface area (Å²) in [5.74, 6) is -0.863. The van der Waals surface area contributed by atoms with Crippen LogP contribution in [0.5, 0.6) is 0 Å². The Bertz CT molecular complexity index is 903. The van der Waals surface area contributed by atoms with Crippen LogP contribution < -0.4 is 0 Å². The van der Waals surface area contributed by atoms with Gasteiger partial charge in [-0.1, -0.05) is 18.2 Å². The van der Waals surface area contributed by atoms with E-state index in [2.05, 4.69) is 11.7 Å². The summed E-state index contributed by atoms with van der Waals surface area (Å²) < 4.78 is 80.1. The zero-order valence-corrected chi connectivity index (χ0v) is 14.4. The van der Waals surface area contributed by atoms with Gasteiger partial charge in [-0.2, -0.15) is 31.4 Å². The molecule has 1 amide bonds. The summed E-state index contributed by atoms with van der Waals surface area (Å²) in [4.78, 5) is 13.9. The number of likely N-dealkylation sites (tertiary alicyclic amines) is 1. The fourth-order valence-corrected chi connectivity index (χ4v) is 2.98. The second kappa shape index (κ2) is 6.99. The SMILES string of the molecule is C=C1CCN(C(=O)c2cnn(-c3cccc(C(F)(F)F)c3)c2C(F)(F)F)CC1. The molecule has 28 heavy (non-hydrogen) atoms. The minimum Gasteiger partial charge on any atom is -0.338 e. The van der Waals surface area contributed by atoms with E-state index in [1.807, 2.05) is 0 Å². The summed E-state index contributed by atoms with van der Waals surface area (Å²) >= 11 is 0. The Morgan fingerprint density at radius 1 is 1.04 bits per heavy atom. The standard InChI is InChI=1S/C18H15F6N3O/c1-11-5-7-26(8-6-11)16(28)14-10-25-27(15(14)18(22,23)24)13-4-2-3-12(9-13)17(19,20)21/h2-4,9-10H,1,5-8H2. The molecule has 10 heteroatoms. The quantitative estimate of drug-likeness (QED) is 0.539. The van der Waals surface area contributed by atoms with E-state index >= 15 is 0 Å². The maximum Gasteiger partial charge on any atom is 0.434 e. The largest absolute Gasteiger partial charge is 0.434 e. The molecule has 1 aromatic carbocycles. The Hall–Kier alpha value is -2.78. The molecule has 0 bridgehead atoms. The molecule has 1 fully saturated rings. The van der Waals surface area contributed by atoms with E-state index in [0.29, 0.717) is 23.6 Å². The predicted molar refractivity (Wildman–Crippen MR) is 87.8 cm³/mol. The molecule has 0 atom stereocenters. The van der Waals surface area contributed by atoms with Crippen molar-refractivity contribution in [3.8, 4) is 5.69 Å². The van der Waals surface area contributed by atoms with Gasteiger partial charge in [0.1, 0.15) is 0 Å². The maximum absolute atomic E-state index is 13.7. The van der Waals surface area contributed by atoms with Crippen molar-refractivity contribution in [2.45, 2.75) is 25.2 Å². The molecule has 1 aliphatic rings. The number of hydrogen-bond acceptors (Lipinski definition) is 2. The van der Waals surface area contributed by atoms with Crippen molar-refractivity contribution in [1.29, 1.82) is 0 Å². The average molecular weight is 403 g/mol. The van der Waals surface area contributed by atoms with Crippen LogP contribution in [0.1, 0.15) is 34.5 Å². The minimum absolute atomic E-state index is 0.226. The Labute approximate surface area is 156 Å². The van der Waals surface area contributed by atoms with Crippen LogP contribution in [0.4, 0.5) is 26.3 Å². The lowest BCUT2D eigenvalue weighted by Gasteiger charge is -2.28. The Balaban J connectivity index is 2.05. The third-order valence-electron chi connectivity index (χ3n) is 4.44. The van der Waals surface area contributed by atoms with Gasteiger partial charge in [0.2, 0.25) is 0 Å². The lowest BCUT2D eigenvalue weighted by atomic mass is 10.0. The number of amides is 1. The van der Waals surface area contributed by atoms with Crippen LogP contribution in [0.15, 0.2) is 42.6 Å². The van der Waals surface area contributed by atoms with Gasteiger partial charge in [0, 0.05) is 13.1 Å². The first-order chi connectivity index (χ1) is 13.0. The molecular formula is C18H15F6N3O. The van der Waals surface area contributed by atoms with Gasteiger partial charge in [-0.3, -0.25) is 4.79 Å². The molecule has 0 unspecified atom stereocenters. The van der Waals surface area contributed by atoms with Gasteiger partial charge in [0.05, 0.1) is 23.0 Å². The Morgan fingerprint density at radius 2 is 1.68 bits per heavy atom. The summed E-state index contributed by atoms with van der Waals surface area (Å²) in [5.41, 5.74) is -2.75. The van der Waals surface area contributed by atoms with Crippen LogP contribution in [-0.4, -0.2) is 33.7 Å². The molecule has 4 nitrogen and oxygen atoms in total. The third kappa shape index (κ3) is 3.90. The Morgan fingerprint density at radius 3 is 2.25 bits per heavy atom. The number of aromatic nitrogens is 2. The predicted octanol–water partition coefficient (Wildman–Crippen LogP) is 4.70. The van der Waals surface area contributed by atoms with Gasteiger partial charge in [-0.15, -0.1) is 0 Å². The highest BCUT2D eigenvalue weighted by Gasteiger charge is 2.42. The number of nitrogens with zero attached hydrogens (tertiary/aromatic N) is 3. The van der Waals surface area contributed by atoms with Gasteiger partial charge >= 0.3 is 12.4 Å². The average Bonchev–Trinajstić information content (AvgIpc) is 3.07. The molecule has 0 saturated carbocycles. The molecule has 150 valence electrons. The lowest BCUT2D eigenvalue weighted by Crippen LogP contribution is -2.37. The van der Waals surface area contributed by atoms with Crippen molar-refractivity contribution < 1.29 is 31.1 Å². The molecular weight excluding hydrogens is 388 g/mol. The fraction of sp³-hybridized carbons (Fsp3) is 0.333. The highest BCUT2D eigenvalue weighted by molar-refractivity contribution is 5.95. The van der Waals surface area contributed by atoms with E-state index in [4.69, 9.17) is 0 Å².